The fourth-order valence-electron chi connectivity index (χ4n) is 3.40. The molecule has 0 bridgehead atoms. The van der Waals surface area contributed by atoms with Crippen molar-refractivity contribution >= 4 is 16.9 Å². The van der Waals surface area contributed by atoms with Gasteiger partial charge in [-0.3, -0.25) is 0 Å². The molecular weight excluding hydrogens is 312 g/mol. The fraction of sp³-hybridized carbons (Fsp3) is 0.286. The van der Waals surface area contributed by atoms with Crippen LogP contribution in [0.15, 0.2) is 42.5 Å². The number of carbonyl (C=O) groups is 1. The first kappa shape index (κ1) is 17.2. The fourth-order valence-corrected chi connectivity index (χ4v) is 3.40. The average Bonchev–Trinajstić information content (AvgIpc) is 2.85. The molecule has 0 atom stereocenters. The minimum atomic E-state index is -0.882. The highest BCUT2D eigenvalue weighted by Crippen LogP contribution is 2.26. The molecule has 2 N–H and O–H groups in total. The number of hydrogen-bond donors (Lipinski definition) is 2. The normalized spacial score (nSPS) is 11.2. The molecule has 1 aromatic heterocycles. The quantitative estimate of drug-likeness (QED) is 0.673. The lowest BCUT2D eigenvalue weighted by Gasteiger charge is -2.08. The van der Waals surface area contributed by atoms with E-state index in [9.17, 15) is 9.90 Å². The van der Waals surface area contributed by atoms with Gasteiger partial charge in [0, 0.05) is 30.1 Å². The molecule has 0 radical (unpaired) electrons. The van der Waals surface area contributed by atoms with Crippen molar-refractivity contribution in [3.8, 4) is 0 Å². The third-order valence-corrected chi connectivity index (χ3v) is 4.80. The van der Waals surface area contributed by atoms with Crippen LogP contribution in [0.5, 0.6) is 0 Å². The van der Waals surface area contributed by atoms with E-state index in [1.807, 2.05) is 38.2 Å². The molecular formula is C21H24N2O2. The number of aromatic carboxylic acids is 1. The molecule has 2 aromatic carbocycles. The number of carboxylic acids is 1. The van der Waals surface area contributed by atoms with Gasteiger partial charge in [-0.1, -0.05) is 36.4 Å². The van der Waals surface area contributed by atoms with Gasteiger partial charge >= 0.3 is 5.97 Å². The molecule has 0 unspecified atom stereocenters. The van der Waals surface area contributed by atoms with Crippen LogP contribution in [0.4, 0.5) is 0 Å². The van der Waals surface area contributed by atoms with Crippen LogP contribution in [0, 0.1) is 13.8 Å². The monoisotopic (exact) mass is 336 g/mol. The summed E-state index contributed by atoms with van der Waals surface area (Å²) in [6.45, 7) is 5.50. The molecule has 0 aliphatic carbocycles. The van der Waals surface area contributed by atoms with Crippen LogP contribution in [-0.2, 0) is 20.0 Å². The van der Waals surface area contributed by atoms with Crippen molar-refractivity contribution in [3.63, 3.8) is 0 Å². The van der Waals surface area contributed by atoms with E-state index in [1.54, 1.807) is 4.57 Å². The van der Waals surface area contributed by atoms with Crippen LogP contribution in [-0.4, -0.2) is 22.2 Å². The number of nitrogens with zero attached hydrogens (tertiary/aromatic N) is 1. The Labute approximate surface area is 148 Å². The first-order valence-corrected chi connectivity index (χ1v) is 8.55. The summed E-state index contributed by atoms with van der Waals surface area (Å²) in [6, 6.07) is 14.4. The Hall–Kier alpha value is -2.59. The van der Waals surface area contributed by atoms with Crippen LogP contribution < -0.4 is 5.32 Å². The molecule has 1 heterocycles. The Morgan fingerprint density at radius 1 is 1.16 bits per heavy atom. The first-order valence-electron chi connectivity index (χ1n) is 8.55. The standard InChI is InChI=1S/C21H24N2O2/c1-14-8-9-17-18(20(21(24)25)23(3)19(17)12-14)13-22-11-10-16-7-5-4-6-15(16)2/h4-9,12,22H,10-11,13H2,1-3H3,(H,24,25). The van der Waals surface area contributed by atoms with Gasteiger partial charge in [0.05, 0.1) is 0 Å². The maximum Gasteiger partial charge on any atom is 0.352 e. The Morgan fingerprint density at radius 2 is 1.92 bits per heavy atom. The zero-order chi connectivity index (χ0) is 18.0. The van der Waals surface area contributed by atoms with E-state index in [1.165, 1.54) is 11.1 Å². The van der Waals surface area contributed by atoms with E-state index >= 15 is 0 Å². The summed E-state index contributed by atoms with van der Waals surface area (Å²) in [5.74, 6) is -0.882. The second-order valence-electron chi connectivity index (χ2n) is 6.57. The summed E-state index contributed by atoms with van der Waals surface area (Å²) in [5.41, 5.74) is 5.93. The Balaban J connectivity index is 1.80. The van der Waals surface area contributed by atoms with E-state index in [2.05, 4.69) is 30.4 Å². The van der Waals surface area contributed by atoms with Gasteiger partial charge < -0.3 is 15.0 Å². The lowest BCUT2D eigenvalue weighted by Crippen LogP contribution is -2.19. The van der Waals surface area contributed by atoms with E-state index in [0.29, 0.717) is 12.2 Å². The van der Waals surface area contributed by atoms with Crippen LogP contribution in [0.1, 0.15) is 32.7 Å². The zero-order valence-corrected chi connectivity index (χ0v) is 15.0. The lowest BCUT2D eigenvalue weighted by molar-refractivity contribution is 0.0685. The maximum atomic E-state index is 11.7. The highest BCUT2D eigenvalue weighted by molar-refractivity contribution is 5.98. The molecule has 25 heavy (non-hydrogen) atoms. The molecule has 3 aromatic rings. The molecule has 0 spiro atoms. The predicted molar refractivity (Wildman–Crippen MR) is 101 cm³/mol. The number of aromatic nitrogens is 1. The van der Waals surface area contributed by atoms with Gasteiger partial charge in [-0.25, -0.2) is 4.79 Å². The second-order valence-corrected chi connectivity index (χ2v) is 6.57. The zero-order valence-electron chi connectivity index (χ0n) is 15.0. The highest BCUT2D eigenvalue weighted by Gasteiger charge is 2.20. The number of carboxylic acid groups (broad SMARTS) is 1. The summed E-state index contributed by atoms with van der Waals surface area (Å²) in [5, 5.41) is 14.1. The molecule has 4 heteroatoms. The third-order valence-electron chi connectivity index (χ3n) is 4.80. The minimum absolute atomic E-state index is 0.365. The van der Waals surface area contributed by atoms with Crippen molar-refractivity contribution in [1.82, 2.24) is 9.88 Å². The van der Waals surface area contributed by atoms with Crippen molar-refractivity contribution in [2.45, 2.75) is 26.8 Å². The molecule has 0 amide bonds. The number of benzene rings is 2. The van der Waals surface area contributed by atoms with Crippen molar-refractivity contribution < 1.29 is 9.90 Å². The van der Waals surface area contributed by atoms with Crippen molar-refractivity contribution in [3.05, 3.63) is 70.4 Å². The van der Waals surface area contributed by atoms with Crippen molar-refractivity contribution in [1.29, 1.82) is 0 Å². The number of nitrogens with one attached hydrogen (secondary N) is 1. The van der Waals surface area contributed by atoms with Gasteiger partial charge in [-0.15, -0.1) is 0 Å². The van der Waals surface area contributed by atoms with Gasteiger partial charge in [0.1, 0.15) is 5.69 Å². The highest BCUT2D eigenvalue weighted by atomic mass is 16.4. The molecule has 0 saturated carbocycles. The number of rotatable bonds is 6. The van der Waals surface area contributed by atoms with E-state index in [-0.39, 0.29) is 0 Å². The van der Waals surface area contributed by atoms with Gasteiger partial charge in [-0.2, -0.15) is 0 Å². The smallest absolute Gasteiger partial charge is 0.352 e. The maximum absolute atomic E-state index is 11.7. The Morgan fingerprint density at radius 3 is 2.64 bits per heavy atom. The Kier molecular flexibility index (Phi) is 4.91. The molecule has 4 nitrogen and oxygen atoms in total. The van der Waals surface area contributed by atoms with E-state index in [4.69, 9.17) is 0 Å². The Bertz CT molecular complexity index is 925. The third kappa shape index (κ3) is 3.44. The lowest BCUT2D eigenvalue weighted by atomic mass is 10.1. The van der Waals surface area contributed by atoms with Crippen molar-refractivity contribution in [2.24, 2.45) is 7.05 Å². The summed E-state index contributed by atoms with van der Waals surface area (Å²) in [7, 11) is 1.82. The largest absolute Gasteiger partial charge is 0.477 e. The summed E-state index contributed by atoms with van der Waals surface area (Å²) >= 11 is 0. The van der Waals surface area contributed by atoms with Crippen molar-refractivity contribution in [2.75, 3.05) is 6.54 Å². The molecule has 130 valence electrons. The summed E-state index contributed by atoms with van der Waals surface area (Å²) in [6.07, 6.45) is 0.930. The molecule has 0 aliphatic heterocycles. The number of aryl methyl sites for hydroxylation is 3. The molecule has 3 rings (SSSR count). The van der Waals surface area contributed by atoms with Gasteiger partial charge in [-0.05, 0) is 49.6 Å². The van der Waals surface area contributed by atoms with Gasteiger partial charge in [0.25, 0.3) is 0 Å². The number of hydrogen-bond acceptors (Lipinski definition) is 2. The molecule has 0 aliphatic rings. The van der Waals surface area contributed by atoms with Crippen LogP contribution in [0.2, 0.25) is 0 Å². The number of fused-ring (bicyclic) bond motifs is 1. The predicted octanol–water partition coefficient (Wildman–Crippen LogP) is 3.83. The van der Waals surface area contributed by atoms with E-state index < -0.39 is 5.97 Å². The molecule has 0 fully saturated rings. The first-order chi connectivity index (χ1) is 12.0. The van der Waals surface area contributed by atoms with Crippen LogP contribution >= 0.6 is 0 Å². The van der Waals surface area contributed by atoms with Gasteiger partial charge in [0.2, 0.25) is 0 Å². The SMILES string of the molecule is Cc1ccc2c(CNCCc3ccccc3C)c(C(=O)O)n(C)c2c1. The topological polar surface area (TPSA) is 54.3 Å². The summed E-state index contributed by atoms with van der Waals surface area (Å²) < 4.78 is 1.78. The minimum Gasteiger partial charge on any atom is -0.477 e. The average molecular weight is 336 g/mol. The van der Waals surface area contributed by atoms with Gasteiger partial charge in [0.15, 0.2) is 0 Å². The second kappa shape index (κ2) is 7.11. The van der Waals surface area contributed by atoms with Crippen LogP contribution in [0.25, 0.3) is 10.9 Å². The van der Waals surface area contributed by atoms with Crippen LogP contribution in [0.3, 0.4) is 0 Å². The molecule has 0 saturated heterocycles. The van der Waals surface area contributed by atoms with E-state index in [0.717, 1.165) is 35.0 Å². The summed E-state index contributed by atoms with van der Waals surface area (Å²) in [4.78, 5) is 11.7.